The highest BCUT2D eigenvalue weighted by atomic mass is 19.1. The van der Waals surface area contributed by atoms with E-state index in [1.165, 1.54) is 24.1 Å². The highest BCUT2D eigenvalue weighted by molar-refractivity contribution is 5.92. The van der Waals surface area contributed by atoms with Crippen molar-refractivity contribution in [3.63, 3.8) is 0 Å². The average Bonchev–Trinajstić information content (AvgIpc) is 3.55. The summed E-state index contributed by atoms with van der Waals surface area (Å²) in [4.78, 5) is 32.1. The Labute approximate surface area is 221 Å². The molecule has 39 heavy (non-hydrogen) atoms. The van der Waals surface area contributed by atoms with Crippen LogP contribution in [0.2, 0.25) is 0 Å². The van der Waals surface area contributed by atoms with Crippen molar-refractivity contribution in [2.75, 3.05) is 20.3 Å². The largest absolute Gasteiger partial charge is 0.437 e. The number of aromatic nitrogens is 4. The number of halogens is 3. The van der Waals surface area contributed by atoms with Gasteiger partial charge in [0.25, 0.3) is 11.5 Å². The van der Waals surface area contributed by atoms with Gasteiger partial charge in [-0.25, -0.2) is 18.2 Å². The van der Waals surface area contributed by atoms with Crippen molar-refractivity contribution < 1.29 is 27.1 Å². The zero-order chi connectivity index (χ0) is 27.7. The number of ether oxygens (including phenoxy) is 1. The molecule has 9 nitrogen and oxygen atoms in total. The molecule has 1 atom stereocenters. The van der Waals surface area contributed by atoms with Crippen LogP contribution in [0.1, 0.15) is 59.1 Å². The van der Waals surface area contributed by atoms with E-state index in [0.29, 0.717) is 24.1 Å². The fraction of sp³-hybridized carbons (Fsp3) is 0.407. The molecule has 2 N–H and O–H groups in total. The fourth-order valence-corrected chi connectivity index (χ4v) is 5.24. The van der Waals surface area contributed by atoms with Crippen LogP contribution in [0.25, 0.3) is 11.1 Å². The van der Waals surface area contributed by atoms with Gasteiger partial charge in [-0.3, -0.25) is 14.3 Å². The summed E-state index contributed by atoms with van der Waals surface area (Å²) in [6, 6.07) is 5.45. The van der Waals surface area contributed by atoms with Gasteiger partial charge >= 0.3 is 0 Å². The van der Waals surface area contributed by atoms with Gasteiger partial charge in [0.15, 0.2) is 11.4 Å². The van der Waals surface area contributed by atoms with Gasteiger partial charge in [0.05, 0.1) is 12.0 Å². The number of nitrogens with zero attached hydrogens (tertiary/aromatic N) is 3. The molecule has 0 bridgehead atoms. The number of hydrogen-bond donors (Lipinski definition) is 2. The number of methoxy groups -OCH3 is 1. The van der Waals surface area contributed by atoms with E-state index in [1.807, 2.05) is 0 Å². The Morgan fingerprint density at radius 3 is 2.77 bits per heavy atom. The van der Waals surface area contributed by atoms with Crippen molar-refractivity contribution >= 4 is 17.0 Å². The quantitative estimate of drug-likeness (QED) is 0.349. The van der Waals surface area contributed by atoms with Gasteiger partial charge in [-0.2, -0.15) is 5.10 Å². The number of nitrogens with one attached hydrogen (secondary N) is 2. The molecule has 1 amide bonds. The number of amides is 1. The number of rotatable bonds is 8. The Hall–Kier alpha value is -3.93. The second-order valence-electron chi connectivity index (χ2n) is 9.96. The molecule has 1 aliphatic carbocycles. The first-order chi connectivity index (χ1) is 18.7. The molecule has 3 aromatic heterocycles. The maximum absolute atomic E-state index is 15.4. The lowest BCUT2D eigenvalue weighted by molar-refractivity contribution is 0.0909. The highest BCUT2D eigenvalue weighted by Gasteiger charge is 2.42. The fourth-order valence-electron chi connectivity index (χ4n) is 5.24. The van der Waals surface area contributed by atoms with Crippen molar-refractivity contribution in [3.8, 4) is 0 Å². The number of hydrogen-bond acceptors (Lipinski definition) is 6. The molecule has 206 valence electrons. The van der Waals surface area contributed by atoms with Crippen LogP contribution in [-0.2, 0) is 17.2 Å². The molecule has 0 saturated heterocycles. The predicted octanol–water partition coefficient (Wildman–Crippen LogP) is 3.89. The van der Waals surface area contributed by atoms with Crippen LogP contribution in [0.3, 0.4) is 0 Å². The number of carbonyl (C=O) groups excluding carboxylic acids is 1. The Bertz CT molecular complexity index is 1550. The number of benzene rings is 1. The molecule has 0 radical (unpaired) electrons. The van der Waals surface area contributed by atoms with Gasteiger partial charge in [0.1, 0.15) is 23.2 Å². The van der Waals surface area contributed by atoms with Crippen LogP contribution in [-0.4, -0.2) is 52.1 Å². The van der Waals surface area contributed by atoms with Crippen molar-refractivity contribution in [1.29, 1.82) is 0 Å². The molecule has 1 aliphatic rings. The van der Waals surface area contributed by atoms with Crippen molar-refractivity contribution in [3.05, 3.63) is 81.4 Å². The Morgan fingerprint density at radius 1 is 1.31 bits per heavy atom. The van der Waals surface area contributed by atoms with Crippen LogP contribution in [0, 0.1) is 11.6 Å². The van der Waals surface area contributed by atoms with Gasteiger partial charge in [0, 0.05) is 44.6 Å². The molecule has 0 unspecified atom stereocenters. The molecule has 0 aliphatic heterocycles. The lowest BCUT2D eigenvalue weighted by Crippen LogP contribution is -2.44. The Kier molecular flexibility index (Phi) is 7.30. The minimum Gasteiger partial charge on any atom is -0.437 e. The zero-order valence-electron chi connectivity index (χ0n) is 21.5. The Morgan fingerprint density at radius 2 is 2.08 bits per heavy atom. The summed E-state index contributed by atoms with van der Waals surface area (Å²) in [5.74, 6) is -2.30. The number of carbonyl (C=O) groups is 1. The zero-order valence-corrected chi connectivity index (χ0v) is 21.5. The summed E-state index contributed by atoms with van der Waals surface area (Å²) in [6.45, 7) is 0.0973. The summed E-state index contributed by atoms with van der Waals surface area (Å²) in [5, 5.41) is 6.89. The summed E-state index contributed by atoms with van der Waals surface area (Å²) < 4.78 is 56.1. The number of H-pyrrole nitrogens is 1. The molecule has 12 heteroatoms. The topological polar surface area (TPSA) is 115 Å². The van der Waals surface area contributed by atoms with Crippen molar-refractivity contribution in [2.24, 2.45) is 7.05 Å². The van der Waals surface area contributed by atoms with Crippen LogP contribution >= 0.6 is 0 Å². The first-order valence-corrected chi connectivity index (χ1v) is 12.6. The third-order valence-corrected chi connectivity index (χ3v) is 7.44. The van der Waals surface area contributed by atoms with E-state index >= 15 is 4.39 Å². The molecular formula is C27H28F3N5O4. The van der Waals surface area contributed by atoms with Gasteiger partial charge in [0.2, 0.25) is 5.89 Å². The summed E-state index contributed by atoms with van der Waals surface area (Å²) >= 11 is 0. The second-order valence-corrected chi connectivity index (χ2v) is 9.96. The standard InChI is InChI=1S/C27H28F3N5O4/c1-35-22(5-8-33-35)25(37)32-14-27(6-3-16(28)4-7-27)26-34-21-10-15(9-20(30)23(21)39-26)19(13-38-2)18-11-17(29)12-31-24(18)36/h5,8-12,16,19H,3-4,6-7,13-14H2,1-2H3,(H,31,36)(H,32,37)/t16?,19-,27?/m1/s1. The maximum Gasteiger partial charge on any atom is 0.269 e. The molecular weight excluding hydrogens is 515 g/mol. The van der Waals surface area contributed by atoms with Crippen LogP contribution in [0.5, 0.6) is 0 Å². The predicted molar refractivity (Wildman–Crippen MR) is 135 cm³/mol. The van der Waals surface area contributed by atoms with Gasteiger partial charge in [-0.15, -0.1) is 0 Å². The SMILES string of the molecule is COC[C@H](c1cc(F)c2oc(C3(CNC(=O)c4ccnn4C)CCC(F)CC3)nc2c1)c1cc(F)c[nH]c1=O. The van der Waals surface area contributed by atoms with Crippen LogP contribution in [0.15, 0.2) is 45.9 Å². The third kappa shape index (κ3) is 5.20. The summed E-state index contributed by atoms with van der Waals surface area (Å²) in [6.07, 6.45) is 2.63. The first-order valence-electron chi connectivity index (χ1n) is 12.6. The molecule has 1 aromatic carbocycles. The molecule has 1 saturated carbocycles. The number of oxazole rings is 1. The van der Waals surface area contributed by atoms with E-state index in [1.54, 1.807) is 19.2 Å². The first kappa shape index (κ1) is 26.7. The highest BCUT2D eigenvalue weighted by Crippen LogP contribution is 2.41. The van der Waals surface area contributed by atoms with E-state index in [2.05, 4.69) is 20.4 Å². The molecule has 3 heterocycles. The Balaban J connectivity index is 1.52. The van der Waals surface area contributed by atoms with E-state index in [0.717, 1.165) is 12.3 Å². The molecule has 5 rings (SSSR count). The maximum atomic E-state index is 15.4. The van der Waals surface area contributed by atoms with E-state index in [-0.39, 0.29) is 54.5 Å². The van der Waals surface area contributed by atoms with Crippen LogP contribution < -0.4 is 10.9 Å². The van der Waals surface area contributed by atoms with E-state index < -0.39 is 34.7 Å². The number of pyridine rings is 1. The van der Waals surface area contributed by atoms with E-state index in [9.17, 15) is 18.4 Å². The minimum atomic E-state index is -0.988. The van der Waals surface area contributed by atoms with Crippen LogP contribution in [0.4, 0.5) is 13.2 Å². The van der Waals surface area contributed by atoms with Crippen molar-refractivity contribution in [2.45, 2.75) is 43.2 Å². The molecule has 0 spiro atoms. The molecule has 1 fully saturated rings. The number of fused-ring (bicyclic) bond motifs is 1. The monoisotopic (exact) mass is 543 g/mol. The van der Waals surface area contributed by atoms with Gasteiger partial charge in [-0.05, 0) is 55.5 Å². The normalized spacial score (nSPS) is 20.3. The minimum absolute atomic E-state index is 0.00986. The molecule has 4 aromatic rings. The van der Waals surface area contributed by atoms with Crippen molar-refractivity contribution in [1.82, 2.24) is 25.1 Å². The lowest BCUT2D eigenvalue weighted by atomic mass is 9.73. The lowest BCUT2D eigenvalue weighted by Gasteiger charge is -2.35. The summed E-state index contributed by atoms with van der Waals surface area (Å²) in [7, 11) is 3.07. The van der Waals surface area contributed by atoms with Gasteiger partial charge in [-0.1, -0.05) is 0 Å². The average molecular weight is 544 g/mol. The number of aromatic amines is 1. The smallest absolute Gasteiger partial charge is 0.269 e. The number of aryl methyl sites for hydroxylation is 1. The number of alkyl halides is 1. The van der Waals surface area contributed by atoms with E-state index in [4.69, 9.17) is 9.15 Å². The summed E-state index contributed by atoms with van der Waals surface area (Å²) in [5.41, 5.74) is -0.501. The third-order valence-electron chi connectivity index (χ3n) is 7.44. The second kappa shape index (κ2) is 10.7. The van der Waals surface area contributed by atoms with Gasteiger partial charge < -0.3 is 19.5 Å².